The van der Waals surface area contributed by atoms with Crippen LogP contribution in [0.1, 0.15) is 23.3 Å². The topological polar surface area (TPSA) is 88.8 Å². The van der Waals surface area contributed by atoms with Gasteiger partial charge in [-0.15, -0.1) is 11.3 Å². The second-order valence-electron chi connectivity index (χ2n) is 6.25. The van der Waals surface area contributed by atoms with Gasteiger partial charge < -0.3 is 10.2 Å². The molecule has 0 aromatic carbocycles. The zero-order chi connectivity index (χ0) is 17.9. The average Bonchev–Trinajstić information content (AvgIpc) is 3.32. The molecule has 4 rings (SSSR count). The van der Waals surface area contributed by atoms with Crippen LogP contribution in [0.3, 0.4) is 0 Å². The van der Waals surface area contributed by atoms with Crippen LogP contribution < -0.4 is 10.2 Å². The maximum absolute atomic E-state index is 12.6. The molecule has 0 radical (unpaired) electrons. The van der Waals surface area contributed by atoms with Crippen molar-refractivity contribution >= 4 is 23.2 Å². The summed E-state index contributed by atoms with van der Waals surface area (Å²) >= 11 is 1.45. The predicted molar refractivity (Wildman–Crippen MR) is 99.0 cm³/mol. The minimum atomic E-state index is -0.141. The molecular formula is C17H19N7OS. The maximum atomic E-state index is 12.6. The van der Waals surface area contributed by atoms with Crippen molar-refractivity contribution < 1.29 is 4.79 Å². The molecule has 0 spiro atoms. The van der Waals surface area contributed by atoms with Crippen molar-refractivity contribution in [2.75, 3.05) is 18.0 Å². The number of rotatable bonds is 4. The van der Waals surface area contributed by atoms with Gasteiger partial charge in [-0.2, -0.15) is 5.10 Å². The summed E-state index contributed by atoms with van der Waals surface area (Å²) in [5, 5.41) is 9.82. The molecule has 4 heterocycles. The molecule has 1 atom stereocenters. The van der Waals surface area contributed by atoms with Gasteiger partial charge in [-0.25, -0.2) is 15.0 Å². The van der Waals surface area contributed by atoms with E-state index in [2.05, 4.69) is 30.3 Å². The molecule has 1 N–H and O–H groups in total. The van der Waals surface area contributed by atoms with Gasteiger partial charge in [0.05, 0.1) is 6.20 Å². The van der Waals surface area contributed by atoms with Crippen LogP contribution in [0.5, 0.6) is 0 Å². The molecule has 1 aliphatic rings. The summed E-state index contributed by atoms with van der Waals surface area (Å²) in [5.41, 5.74) is 1.36. The molecule has 1 aliphatic heterocycles. The van der Waals surface area contributed by atoms with Gasteiger partial charge in [0, 0.05) is 55.7 Å². The van der Waals surface area contributed by atoms with Crippen molar-refractivity contribution in [1.29, 1.82) is 0 Å². The van der Waals surface area contributed by atoms with Gasteiger partial charge in [-0.1, -0.05) is 0 Å². The number of nitrogens with one attached hydrogen (secondary N) is 1. The van der Waals surface area contributed by atoms with E-state index in [1.54, 1.807) is 34.7 Å². The number of hydrogen-bond donors (Lipinski definition) is 1. The molecule has 9 heteroatoms. The number of nitrogens with zero attached hydrogens (tertiary/aromatic N) is 6. The lowest BCUT2D eigenvalue weighted by molar-refractivity contribution is 0.0928. The Kier molecular flexibility index (Phi) is 4.61. The van der Waals surface area contributed by atoms with Crippen LogP contribution in [0.15, 0.2) is 36.2 Å². The minimum Gasteiger partial charge on any atom is -0.346 e. The fraction of sp³-hybridized carbons (Fsp3) is 0.353. The van der Waals surface area contributed by atoms with E-state index in [1.807, 2.05) is 13.2 Å². The van der Waals surface area contributed by atoms with Crippen molar-refractivity contribution in [3.63, 3.8) is 0 Å². The molecule has 1 amide bonds. The molecule has 8 nitrogen and oxygen atoms in total. The van der Waals surface area contributed by atoms with Gasteiger partial charge in [-0.05, 0) is 18.9 Å². The van der Waals surface area contributed by atoms with E-state index in [1.165, 1.54) is 11.3 Å². The second-order valence-corrected chi connectivity index (χ2v) is 7.11. The molecule has 134 valence electrons. The van der Waals surface area contributed by atoms with E-state index in [-0.39, 0.29) is 11.9 Å². The van der Waals surface area contributed by atoms with E-state index < -0.39 is 0 Å². The summed E-state index contributed by atoms with van der Waals surface area (Å²) in [6, 6.07) is 1.86. The molecule has 3 aromatic heterocycles. The van der Waals surface area contributed by atoms with E-state index in [4.69, 9.17) is 0 Å². The number of aryl methyl sites for hydroxylation is 1. The normalized spacial score (nSPS) is 17.3. The summed E-state index contributed by atoms with van der Waals surface area (Å²) in [7, 11) is 1.86. The van der Waals surface area contributed by atoms with E-state index in [0.29, 0.717) is 18.2 Å². The minimum absolute atomic E-state index is 0.0589. The first kappa shape index (κ1) is 16.6. The third-order valence-corrected chi connectivity index (χ3v) is 5.17. The Hall–Kier alpha value is -2.81. The first-order chi connectivity index (χ1) is 12.7. The van der Waals surface area contributed by atoms with Crippen LogP contribution in [0, 0.1) is 0 Å². The van der Waals surface area contributed by atoms with Gasteiger partial charge in [0.2, 0.25) is 5.95 Å². The number of piperidine rings is 1. The third-order valence-electron chi connectivity index (χ3n) is 4.28. The lowest BCUT2D eigenvalue weighted by Gasteiger charge is -2.32. The van der Waals surface area contributed by atoms with Crippen LogP contribution in [0.2, 0.25) is 0 Å². The van der Waals surface area contributed by atoms with Gasteiger partial charge in [0.25, 0.3) is 5.91 Å². The Bertz CT molecular complexity index is 891. The summed E-state index contributed by atoms with van der Waals surface area (Å²) in [6.07, 6.45) is 9.04. The standard InChI is InChI=1S/C17H19N7OS/c1-23-9-12(8-20-23)16-22-14(11-26-16)15(25)21-13-4-2-7-24(10-13)17-18-5-3-6-19-17/h3,5-6,8-9,11,13H,2,4,7,10H2,1H3,(H,21,25). The highest BCUT2D eigenvalue weighted by atomic mass is 32.1. The molecule has 3 aromatic rings. The molecule has 1 saturated heterocycles. The number of amides is 1. The predicted octanol–water partition coefficient (Wildman–Crippen LogP) is 1.73. The Morgan fingerprint density at radius 1 is 1.35 bits per heavy atom. The van der Waals surface area contributed by atoms with Gasteiger partial charge in [0.15, 0.2) is 0 Å². The van der Waals surface area contributed by atoms with Crippen LogP contribution in [0.4, 0.5) is 5.95 Å². The molecule has 0 saturated carbocycles. The number of aromatic nitrogens is 5. The highest BCUT2D eigenvalue weighted by molar-refractivity contribution is 7.13. The second kappa shape index (κ2) is 7.20. The van der Waals surface area contributed by atoms with Crippen LogP contribution >= 0.6 is 11.3 Å². The smallest absolute Gasteiger partial charge is 0.271 e. The van der Waals surface area contributed by atoms with E-state index in [9.17, 15) is 4.79 Å². The average molecular weight is 369 g/mol. The number of carbonyl (C=O) groups excluding carboxylic acids is 1. The van der Waals surface area contributed by atoms with Gasteiger partial charge in [0.1, 0.15) is 10.7 Å². The molecule has 26 heavy (non-hydrogen) atoms. The lowest BCUT2D eigenvalue weighted by Crippen LogP contribution is -2.48. The van der Waals surface area contributed by atoms with Crippen molar-refractivity contribution in [3.05, 3.63) is 41.9 Å². The molecule has 0 bridgehead atoms. The maximum Gasteiger partial charge on any atom is 0.271 e. The third kappa shape index (κ3) is 3.57. The Labute approximate surface area is 154 Å². The number of thiazole rings is 1. The first-order valence-electron chi connectivity index (χ1n) is 8.46. The van der Waals surface area contributed by atoms with Crippen molar-refractivity contribution in [2.45, 2.75) is 18.9 Å². The van der Waals surface area contributed by atoms with Crippen molar-refractivity contribution in [3.8, 4) is 10.6 Å². The summed E-state index contributed by atoms with van der Waals surface area (Å²) in [5.74, 6) is 0.566. The van der Waals surface area contributed by atoms with Crippen LogP contribution in [0.25, 0.3) is 10.6 Å². The van der Waals surface area contributed by atoms with Gasteiger partial charge >= 0.3 is 0 Å². The van der Waals surface area contributed by atoms with Crippen molar-refractivity contribution in [1.82, 2.24) is 30.0 Å². The Morgan fingerprint density at radius 3 is 2.96 bits per heavy atom. The first-order valence-corrected chi connectivity index (χ1v) is 9.34. The zero-order valence-corrected chi connectivity index (χ0v) is 15.2. The SMILES string of the molecule is Cn1cc(-c2nc(C(=O)NC3CCCN(c4ncccn4)C3)cs2)cn1. The van der Waals surface area contributed by atoms with Crippen molar-refractivity contribution in [2.24, 2.45) is 7.05 Å². The van der Waals surface area contributed by atoms with Crippen LogP contribution in [-0.4, -0.2) is 49.8 Å². The lowest BCUT2D eigenvalue weighted by atomic mass is 10.1. The quantitative estimate of drug-likeness (QED) is 0.753. The monoisotopic (exact) mass is 369 g/mol. The van der Waals surface area contributed by atoms with Gasteiger partial charge in [-0.3, -0.25) is 9.48 Å². The Morgan fingerprint density at radius 2 is 2.19 bits per heavy atom. The molecule has 1 fully saturated rings. The number of hydrogen-bond acceptors (Lipinski definition) is 7. The fourth-order valence-electron chi connectivity index (χ4n) is 3.03. The summed E-state index contributed by atoms with van der Waals surface area (Å²) in [4.78, 5) is 27.7. The number of carbonyl (C=O) groups is 1. The van der Waals surface area contributed by atoms with E-state index in [0.717, 1.165) is 30.0 Å². The summed E-state index contributed by atoms with van der Waals surface area (Å²) < 4.78 is 1.72. The molecule has 1 unspecified atom stereocenters. The number of anilines is 1. The zero-order valence-electron chi connectivity index (χ0n) is 14.4. The molecular weight excluding hydrogens is 350 g/mol. The Balaban J connectivity index is 1.41. The van der Waals surface area contributed by atoms with E-state index >= 15 is 0 Å². The summed E-state index contributed by atoms with van der Waals surface area (Å²) in [6.45, 7) is 1.60. The molecule has 0 aliphatic carbocycles. The highest BCUT2D eigenvalue weighted by Gasteiger charge is 2.24. The van der Waals surface area contributed by atoms with Crippen LogP contribution in [-0.2, 0) is 7.05 Å². The highest BCUT2D eigenvalue weighted by Crippen LogP contribution is 2.23. The fourth-order valence-corrected chi connectivity index (χ4v) is 3.81. The largest absolute Gasteiger partial charge is 0.346 e.